The Morgan fingerprint density at radius 1 is 0.923 bits per heavy atom. The van der Waals surface area contributed by atoms with Crippen molar-refractivity contribution in [2.24, 2.45) is 0 Å². The minimum Gasteiger partial charge on any atom is -0.508 e. The van der Waals surface area contributed by atoms with Crippen molar-refractivity contribution in [1.29, 1.82) is 0 Å². The third-order valence-corrected chi connectivity index (χ3v) is 8.21. The Bertz CT molecular complexity index is 1390. The zero-order valence-corrected chi connectivity index (χ0v) is 22.1. The molecule has 0 aromatic heterocycles. The van der Waals surface area contributed by atoms with Crippen molar-refractivity contribution < 1.29 is 14.6 Å². The molecule has 1 aliphatic carbocycles. The lowest BCUT2D eigenvalue weighted by atomic mass is 9.86. The highest BCUT2D eigenvalue weighted by Gasteiger charge is 2.27. The molecule has 6 heteroatoms. The van der Waals surface area contributed by atoms with Crippen LogP contribution in [0.3, 0.4) is 0 Å². The molecule has 1 amide bonds. The fourth-order valence-corrected chi connectivity index (χ4v) is 6.07. The maximum absolute atomic E-state index is 13.4. The second kappa shape index (κ2) is 11.4. The fraction of sp³-hybridized carbons (Fsp3) is 0.303. The summed E-state index contributed by atoms with van der Waals surface area (Å²) in [5, 5.41) is 13.1. The van der Waals surface area contributed by atoms with E-state index >= 15 is 0 Å². The number of nitrogens with zero attached hydrogens (tertiary/aromatic N) is 2. The number of rotatable bonds is 7. The van der Waals surface area contributed by atoms with Crippen LogP contribution in [0, 0.1) is 0 Å². The number of fused-ring (bicyclic) bond motifs is 1. The summed E-state index contributed by atoms with van der Waals surface area (Å²) in [6, 6.07) is 23.8. The molecule has 200 valence electrons. The van der Waals surface area contributed by atoms with E-state index in [1.54, 1.807) is 18.4 Å². The summed E-state index contributed by atoms with van der Waals surface area (Å²) in [6.07, 6.45) is 9.69. The van der Waals surface area contributed by atoms with Crippen molar-refractivity contribution in [3.8, 4) is 5.75 Å². The van der Waals surface area contributed by atoms with Crippen LogP contribution in [0.2, 0.25) is 0 Å². The molecule has 0 spiro atoms. The van der Waals surface area contributed by atoms with Gasteiger partial charge in [0.2, 0.25) is 0 Å². The topological polar surface area (TPSA) is 65.0 Å². The molecule has 2 heterocycles. The second-order valence-corrected chi connectivity index (χ2v) is 10.7. The Hall–Kier alpha value is -4.03. The zero-order chi connectivity index (χ0) is 26.6. The molecule has 3 aromatic rings. The normalized spacial score (nSPS) is 19.3. The lowest BCUT2D eigenvalue weighted by Gasteiger charge is -2.34. The van der Waals surface area contributed by atoms with Crippen LogP contribution < -0.4 is 5.32 Å². The number of phenols is 1. The van der Waals surface area contributed by atoms with E-state index in [2.05, 4.69) is 51.5 Å². The van der Waals surface area contributed by atoms with Gasteiger partial charge in [0, 0.05) is 36.6 Å². The van der Waals surface area contributed by atoms with Crippen LogP contribution in [0.4, 0.5) is 0 Å². The van der Waals surface area contributed by atoms with Gasteiger partial charge in [0.25, 0.3) is 5.91 Å². The SMILES string of the molecule is O=C(NC1CCc2ccccc21)c1ccccc1C1CCN(CCN2C=COC(c3cccc(O)c3)=C2)CC1. The smallest absolute Gasteiger partial charge is 0.252 e. The van der Waals surface area contributed by atoms with Crippen LogP contribution in [0.15, 0.2) is 91.5 Å². The molecule has 1 atom stereocenters. The van der Waals surface area contributed by atoms with Gasteiger partial charge in [0.1, 0.15) is 17.8 Å². The molecule has 1 unspecified atom stereocenters. The number of aryl methyl sites for hydroxylation is 1. The Morgan fingerprint density at radius 3 is 2.56 bits per heavy atom. The number of aromatic hydroxyl groups is 1. The average Bonchev–Trinajstić information content (AvgIpc) is 3.39. The number of piperidine rings is 1. The highest BCUT2D eigenvalue weighted by molar-refractivity contribution is 5.96. The number of benzene rings is 3. The lowest BCUT2D eigenvalue weighted by Crippen LogP contribution is -2.38. The summed E-state index contributed by atoms with van der Waals surface area (Å²) in [7, 11) is 0. The number of likely N-dealkylation sites (tertiary alicyclic amines) is 1. The molecular formula is C33H35N3O3. The number of carbonyl (C=O) groups is 1. The Labute approximate surface area is 230 Å². The van der Waals surface area contributed by atoms with Crippen molar-refractivity contribution in [2.75, 3.05) is 26.2 Å². The number of carbonyl (C=O) groups excluding carboxylic acids is 1. The first-order valence-corrected chi connectivity index (χ1v) is 13.9. The first-order chi connectivity index (χ1) is 19.1. The summed E-state index contributed by atoms with van der Waals surface area (Å²) in [6.45, 7) is 3.82. The van der Waals surface area contributed by atoms with E-state index in [0.29, 0.717) is 5.92 Å². The van der Waals surface area contributed by atoms with Gasteiger partial charge in [0.15, 0.2) is 0 Å². The van der Waals surface area contributed by atoms with Gasteiger partial charge in [-0.1, -0.05) is 54.6 Å². The van der Waals surface area contributed by atoms with E-state index in [9.17, 15) is 9.90 Å². The molecule has 3 aromatic carbocycles. The number of hydrogen-bond donors (Lipinski definition) is 2. The van der Waals surface area contributed by atoms with Crippen molar-refractivity contribution in [3.63, 3.8) is 0 Å². The first-order valence-electron chi connectivity index (χ1n) is 13.9. The van der Waals surface area contributed by atoms with Crippen molar-refractivity contribution >= 4 is 11.7 Å². The summed E-state index contributed by atoms with van der Waals surface area (Å²) in [4.78, 5) is 18.0. The van der Waals surface area contributed by atoms with Crippen LogP contribution in [-0.4, -0.2) is 47.0 Å². The molecule has 0 bridgehead atoms. The van der Waals surface area contributed by atoms with E-state index in [4.69, 9.17) is 4.74 Å². The van der Waals surface area contributed by atoms with Gasteiger partial charge in [-0.15, -0.1) is 0 Å². The fourth-order valence-electron chi connectivity index (χ4n) is 6.07. The van der Waals surface area contributed by atoms with Gasteiger partial charge in [0.05, 0.1) is 6.04 Å². The molecule has 6 nitrogen and oxygen atoms in total. The number of hydrogen-bond acceptors (Lipinski definition) is 5. The van der Waals surface area contributed by atoms with Gasteiger partial charge >= 0.3 is 0 Å². The van der Waals surface area contributed by atoms with E-state index in [1.807, 2.05) is 36.7 Å². The third kappa shape index (κ3) is 5.71. The largest absolute Gasteiger partial charge is 0.508 e. The van der Waals surface area contributed by atoms with Gasteiger partial charge < -0.3 is 25.0 Å². The molecule has 2 N–H and O–H groups in total. The molecule has 2 aliphatic heterocycles. The molecule has 6 rings (SSSR count). The van der Waals surface area contributed by atoms with E-state index < -0.39 is 0 Å². The van der Waals surface area contributed by atoms with Crippen LogP contribution >= 0.6 is 0 Å². The van der Waals surface area contributed by atoms with Crippen molar-refractivity contribution in [1.82, 2.24) is 15.1 Å². The quantitative estimate of drug-likeness (QED) is 0.412. The summed E-state index contributed by atoms with van der Waals surface area (Å²) >= 11 is 0. The lowest BCUT2D eigenvalue weighted by molar-refractivity contribution is 0.0934. The number of ether oxygens (including phenoxy) is 1. The molecule has 1 fully saturated rings. The predicted molar refractivity (Wildman–Crippen MR) is 153 cm³/mol. The number of amides is 1. The van der Waals surface area contributed by atoms with E-state index in [-0.39, 0.29) is 17.7 Å². The minimum atomic E-state index is 0.0446. The summed E-state index contributed by atoms with van der Waals surface area (Å²) < 4.78 is 5.68. The first kappa shape index (κ1) is 25.3. The highest BCUT2D eigenvalue weighted by atomic mass is 16.5. The second-order valence-electron chi connectivity index (χ2n) is 10.7. The van der Waals surface area contributed by atoms with Crippen LogP contribution in [0.25, 0.3) is 5.76 Å². The summed E-state index contributed by atoms with van der Waals surface area (Å²) in [5.41, 5.74) is 5.46. The summed E-state index contributed by atoms with van der Waals surface area (Å²) in [5.74, 6) is 1.38. The standard InChI is InChI=1S/C33H35N3O3/c37-27-8-5-7-26(22-27)32-23-36(20-21-39-32)19-18-35-16-14-25(15-17-35)28-9-3-4-11-30(28)33(38)34-31-13-12-24-6-1-2-10-29(24)31/h1-11,20-23,25,31,37H,12-19H2,(H,34,38). The Kier molecular flexibility index (Phi) is 7.37. The molecule has 39 heavy (non-hydrogen) atoms. The maximum Gasteiger partial charge on any atom is 0.252 e. The molecule has 0 saturated carbocycles. The Balaban J connectivity index is 1.04. The van der Waals surface area contributed by atoms with Crippen LogP contribution in [-0.2, 0) is 11.2 Å². The van der Waals surface area contributed by atoms with Crippen LogP contribution in [0.1, 0.15) is 63.8 Å². The van der Waals surface area contributed by atoms with E-state index in [1.165, 1.54) is 16.7 Å². The van der Waals surface area contributed by atoms with Crippen molar-refractivity contribution in [3.05, 3.63) is 119 Å². The van der Waals surface area contributed by atoms with Crippen LogP contribution in [0.5, 0.6) is 5.75 Å². The number of phenolic OH excluding ortho intramolecular Hbond substituents is 1. The molecule has 0 radical (unpaired) electrons. The zero-order valence-electron chi connectivity index (χ0n) is 22.1. The van der Waals surface area contributed by atoms with Crippen molar-refractivity contribution in [2.45, 2.75) is 37.6 Å². The van der Waals surface area contributed by atoms with Gasteiger partial charge in [-0.3, -0.25) is 4.79 Å². The van der Waals surface area contributed by atoms with Gasteiger partial charge in [-0.2, -0.15) is 0 Å². The predicted octanol–water partition coefficient (Wildman–Crippen LogP) is 5.79. The highest BCUT2D eigenvalue weighted by Crippen LogP contribution is 2.33. The van der Waals surface area contributed by atoms with E-state index in [0.717, 1.165) is 68.7 Å². The Morgan fingerprint density at radius 2 is 1.72 bits per heavy atom. The number of nitrogens with one attached hydrogen (secondary N) is 1. The minimum absolute atomic E-state index is 0.0446. The molecule has 1 saturated heterocycles. The van der Waals surface area contributed by atoms with Gasteiger partial charge in [-0.25, -0.2) is 0 Å². The monoisotopic (exact) mass is 521 g/mol. The average molecular weight is 522 g/mol. The molecule has 3 aliphatic rings. The molecular weight excluding hydrogens is 486 g/mol. The van der Waals surface area contributed by atoms with Gasteiger partial charge in [-0.05, 0) is 79.6 Å². The maximum atomic E-state index is 13.4. The third-order valence-electron chi connectivity index (χ3n) is 8.21.